The summed E-state index contributed by atoms with van der Waals surface area (Å²) in [4.78, 5) is 0. The number of fused-ring (bicyclic) bond motifs is 1. The van der Waals surface area contributed by atoms with E-state index in [4.69, 9.17) is 0 Å². The first-order valence-corrected chi connectivity index (χ1v) is 7.03. The third-order valence-corrected chi connectivity index (χ3v) is 6.74. The molecule has 2 unspecified atom stereocenters. The third-order valence-electron chi connectivity index (χ3n) is 5.20. The second-order valence-electron chi connectivity index (χ2n) is 5.78. The lowest BCUT2D eigenvalue weighted by atomic mass is 9.69. The van der Waals surface area contributed by atoms with E-state index >= 15 is 0 Å². The molecule has 3 atom stereocenters. The Balaban J connectivity index is 2.13. The minimum atomic E-state index is -2.97. The Morgan fingerprint density at radius 3 is 2.64 bits per heavy atom. The maximum atomic E-state index is 11.6. The Kier molecular flexibility index (Phi) is 1.43. The molecule has 1 N–H and O–H groups in total. The second-order valence-corrected chi connectivity index (χ2v) is 7.53. The van der Waals surface area contributed by atoms with Gasteiger partial charge in [-0.1, -0.05) is 13.8 Å². The molecule has 0 aromatic heterocycles. The third kappa shape index (κ3) is 0.807. The molecule has 1 heterocycles. The molecule has 14 heavy (non-hydrogen) atoms. The highest BCUT2D eigenvalue weighted by atomic mass is 32.2. The van der Waals surface area contributed by atoms with Crippen LogP contribution in [0.5, 0.6) is 0 Å². The molecule has 0 aromatic rings. The first kappa shape index (κ1) is 9.16. The highest BCUT2D eigenvalue weighted by Gasteiger charge is 2.68. The van der Waals surface area contributed by atoms with Gasteiger partial charge in [0.1, 0.15) is 0 Å². The summed E-state index contributed by atoms with van der Waals surface area (Å²) < 4.78 is 26.0. The van der Waals surface area contributed by atoms with Gasteiger partial charge in [-0.05, 0) is 30.6 Å². The zero-order chi connectivity index (χ0) is 10.2. The van der Waals surface area contributed by atoms with Crippen molar-refractivity contribution in [1.29, 1.82) is 0 Å². The van der Waals surface area contributed by atoms with E-state index in [2.05, 4.69) is 18.6 Å². The van der Waals surface area contributed by atoms with Gasteiger partial charge >= 0.3 is 0 Å². The Hall–Kier alpha value is -0.0900. The molecule has 2 aliphatic carbocycles. The summed E-state index contributed by atoms with van der Waals surface area (Å²) in [6, 6.07) is 0.237. The Bertz CT molecular complexity index is 387. The maximum absolute atomic E-state index is 11.6. The van der Waals surface area contributed by atoms with Crippen LogP contribution in [0.4, 0.5) is 0 Å². The zero-order valence-electron chi connectivity index (χ0n) is 8.71. The normalized spacial score (nSPS) is 52.1. The molecule has 3 fully saturated rings. The fourth-order valence-corrected chi connectivity index (χ4v) is 6.42. The number of sulfonamides is 1. The van der Waals surface area contributed by atoms with Crippen molar-refractivity contribution in [2.24, 2.45) is 16.7 Å². The van der Waals surface area contributed by atoms with Crippen molar-refractivity contribution in [3.8, 4) is 0 Å². The highest BCUT2D eigenvalue weighted by molar-refractivity contribution is 7.89. The molecule has 2 saturated carbocycles. The minimum absolute atomic E-state index is 0.0521. The van der Waals surface area contributed by atoms with Gasteiger partial charge in [0, 0.05) is 11.5 Å². The molecule has 0 aromatic carbocycles. The van der Waals surface area contributed by atoms with Crippen LogP contribution >= 0.6 is 0 Å². The fourth-order valence-electron chi connectivity index (χ4n) is 4.18. The average Bonchev–Trinajstić information content (AvgIpc) is 2.50. The van der Waals surface area contributed by atoms with Crippen molar-refractivity contribution >= 4 is 10.0 Å². The summed E-state index contributed by atoms with van der Waals surface area (Å²) in [6.07, 6.45) is 3.38. The first-order valence-electron chi connectivity index (χ1n) is 5.37. The topological polar surface area (TPSA) is 46.2 Å². The highest BCUT2D eigenvalue weighted by Crippen LogP contribution is 2.67. The van der Waals surface area contributed by atoms with Crippen LogP contribution in [0.3, 0.4) is 0 Å². The smallest absolute Gasteiger partial charge is 0.212 e. The number of nitrogens with one attached hydrogen (secondary N) is 1. The van der Waals surface area contributed by atoms with E-state index < -0.39 is 10.0 Å². The van der Waals surface area contributed by atoms with Crippen LogP contribution in [0.1, 0.15) is 33.1 Å². The molecule has 80 valence electrons. The number of rotatable bonds is 0. The van der Waals surface area contributed by atoms with E-state index in [9.17, 15) is 8.42 Å². The molecule has 3 nitrogen and oxygen atoms in total. The number of hydrogen-bond donors (Lipinski definition) is 1. The van der Waals surface area contributed by atoms with Gasteiger partial charge in [0.05, 0.1) is 5.75 Å². The van der Waals surface area contributed by atoms with Crippen molar-refractivity contribution in [3.05, 3.63) is 0 Å². The van der Waals surface area contributed by atoms with Crippen LogP contribution in [0, 0.1) is 16.7 Å². The van der Waals surface area contributed by atoms with E-state index in [-0.39, 0.29) is 16.9 Å². The minimum Gasteiger partial charge on any atom is -0.212 e. The lowest BCUT2D eigenvalue weighted by molar-refractivity contribution is 0.146. The second kappa shape index (κ2) is 2.19. The van der Waals surface area contributed by atoms with Crippen LogP contribution in [0.25, 0.3) is 0 Å². The zero-order valence-corrected chi connectivity index (χ0v) is 9.52. The molecule has 1 saturated heterocycles. The van der Waals surface area contributed by atoms with E-state index in [1.807, 2.05) is 0 Å². The molecule has 0 radical (unpaired) electrons. The maximum Gasteiger partial charge on any atom is 0.212 e. The summed E-state index contributed by atoms with van der Waals surface area (Å²) in [5.41, 5.74) is 0.269. The molecule has 2 bridgehead atoms. The molecule has 0 amide bonds. The van der Waals surface area contributed by atoms with E-state index in [1.54, 1.807) is 0 Å². The monoisotopic (exact) mass is 215 g/mol. The first-order chi connectivity index (χ1) is 6.37. The summed E-state index contributed by atoms with van der Waals surface area (Å²) in [6.45, 7) is 4.51. The van der Waals surface area contributed by atoms with Gasteiger partial charge in [-0.25, -0.2) is 13.1 Å². The summed E-state index contributed by atoms with van der Waals surface area (Å²) >= 11 is 0. The van der Waals surface area contributed by atoms with Crippen molar-refractivity contribution in [1.82, 2.24) is 4.72 Å². The van der Waals surface area contributed by atoms with Gasteiger partial charge in [0.25, 0.3) is 0 Å². The van der Waals surface area contributed by atoms with Crippen molar-refractivity contribution in [3.63, 3.8) is 0 Å². The van der Waals surface area contributed by atoms with E-state index in [0.717, 1.165) is 18.8 Å². The van der Waals surface area contributed by atoms with Crippen LogP contribution < -0.4 is 4.72 Å². The largest absolute Gasteiger partial charge is 0.212 e. The molecular formula is C10H17NO2S. The molecule has 3 aliphatic rings. The predicted molar refractivity (Wildman–Crippen MR) is 54.3 cm³/mol. The lowest BCUT2D eigenvalue weighted by Gasteiger charge is -2.36. The lowest BCUT2D eigenvalue weighted by Crippen LogP contribution is -2.39. The van der Waals surface area contributed by atoms with E-state index in [0.29, 0.717) is 5.75 Å². The summed E-state index contributed by atoms with van der Waals surface area (Å²) in [5.74, 6) is 1.10. The van der Waals surface area contributed by atoms with Crippen LogP contribution in [-0.4, -0.2) is 20.2 Å². The van der Waals surface area contributed by atoms with Crippen LogP contribution in [0.15, 0.2) is 0 Å². The van der Waals surface area contributed by atoms with Crippen LogP contribution in [-0.2, 0) is 10.0 Å². The molecule has 1 aliphatic heterocycles. The Labute approximate surface area is 85.3 Å². The van der Waals surface area contributed by atoms with Crippen molar-refractivity contribution < 1.29 is 8.42 Å². The van der Waals surface area contributed by atoms with Gasteiger partial charge < -0.3 is 0 Å². The molecule has 3 rings (SSSR count). The molecule has 4 heteroatoms. The van der Waals surface area contributed by atoms with Crippen LogP contribution in [0.2, 0.25) is 0 Å². The molecule has 1 spiro atoms. The van der Waals surface area contributed by atoms with Crippen molar-refractivity contribution in [2.75, 3.05) is 5.75 Å². The Morgan fingerprint density at radius 2 is 2.07 bits per heavy atom. The standard InChI is InChI=1S/C10H17NO2S/c1-9(2)7-3-4-10(9)6-14(12,13)11-8(10)5-7/h7-8,11H,3-6H2,1-2H3/t7-,8?,10?/m0/s1. The van der Waals surface area contributed by atoms with Gasteiger partial charge in [-0.3, -0.25) is 0 Å². The Morgan fingerprint density at radius 1 is 1.36 bits per heavy atom. The van der Waals surface area contributed by atoms with Crippen molar-refractivity contribution in [2.45, 2.75) is 39.2 Å². The van der Waals surface area contributed by atoms with Gasteiger partial charge in [0.15, 0.2) is 0 Å². The SMILES string of the molecule is CC1(C)[C@H]2CCC13CS(=O)(=O)NC3C2. The molecular weight excluding hydrogens is 198 g/mol. The average molecular weight is 215 g/mol. The van der Waals surface area contributed by atoms with E-state index in [1.165, 1.54) is 6.42 Å². The summed E-state index contributed by atoms with van der Waals surface area (Å²) in [5, 5.41) is 0. The predicted octanol–water partition coefficient (Wildman–Crippen LogP) is 1.11. The number of hydrogen-bond acceptors (Lipinski definition) is 2. The fraction of sp³-hybridized carbons (Fsp3) is 1.00. The quantitative estimate of drug-likeness (QED) is 0.658. The van der Waals surface area contributed by atoms with Gasteiger partial charge in [0.2, 0.25) is 10.0 Å². The van der Waals surface area contributed by atoms with Gasteiger partial charge in [-0.2, -0.15) is 0 Å². The van der Waals surface area contributed by atoms with Gasteiger partial charge in [-0.15, -0.1) is 0 Å². The summed E-state index contributed by atoms with van der Waals surface area (Å²) in [7, 11) is -2.97.